The first-order valence-corrected chi connectivity index (χ1v) is 8.76. The Morgan fingerprint density at radius 1 is 1.19 bits per heavy atom. The van der Waals surface area contributed by atoms with Crippen LogP contribution in [0.5, 0.6) is 0 Å². The van der Waals surface area contributed by atoms with E-state index < -0.39 is 10.0 Å². The molecule has 0 amide bonds. The Kier molecular flexibility index (Phi) is 6.64. The molecule has 0 fully saturated rings. The van der Waals surface area contributed by atoms with E-state index >= 15 is 0 Å². The maximum Gasteiger partial charge on any atom is 0.242 e. The number of benzene rings is 1. The molecule has 0 aliphatic carbocycles. The van der Waals surface area contributed by atoms with Crippen molar-refractivity contribution < 1.29 is 8.42 Å². The summed E-state index contributed by atoms with van der Waals surface area (Å²) in [4.78, 5) is 2.40. The van der Waals surface area contributed by atoms with Crippen molar-refractivity contribution in [1.82, 2.24) is 9.62 Å². The van der Waals surface area contributed by atoms with Gasteiger partial charge in [-0.15, -0.1) is 0 Å². The SMILES string of the molecule is CCNS(=O)(=O)c1ccccc1NC(CN(C)C)C(C)C. The van der Waals surface area contributed by atoms with E-state index in [0.29, 0.717) is 23.0 Å². The van der Waals surface area contributed by atoms with Crippen LogP contribution in [0.3, 0.4) is 0 Å². The topological polar surface area (TPSA) is 61.4 Å². The van der Waals surface area contributed by atoms with Crippen LogP contribution >= 0.6 is 0 Å². The Balaban J connectivity index is 3.08. The highest BCUT2D eigenvalue weighted by Gasteiger charge is 2.20. The molecule has 0 aliphatic heterocycles. The number of hydrogen-bond donors (Lipinski definition) is 2. The van der Waals surface area contributed by atoms with Gasteiger partial charge in [0.25, 0.3) is 0 Å². The average Bonchev–Trinajstić information content (AvgIpc) is 2.37. The minimum Gasteiger partial charge on any atom is -0.380 e. The third-order valence-corrected chi connectivity index (χ3v) is 4.82. The lowest BCUT2D eigenvalue weighted by Crippen LogP contribution is -2.37. The van der Waals surface area contributed by atoms with Crippen LogP contribution < -0.4 is 10.0 Å². The molecular weight excluding hydrogens is 286 g/mol. The maximum atomic E-state index is 12.3. The van der Waals surface area contributed by atoms with Gasteiger partial charge in [0.1, 0.15) is 4.90 Å². The van der Waals surface area contributed by atoms with E-state index in [1.165, 1.54) is 0 Å². The van der Waals surface area contributed by atoms with Crippen molar-refractivity contribution >= 4 is 15.7 Å². The van der Waals surface area contributed by atoms with Crippen LogP contribution in [0.1, 0.15) is 20.8 Å². The molecule has 1 aromatic rings. The lowest BCUT2D eigenvalue weighted by Gasteiger charge is -2.27. The first-order valence-electron chi connectivity index (χ1n) is 7.28. The van der Waals surface area contributed by atoms with E-state index in [-0.39, 0.29) is 6.04 Å². The molecular formula is C15H27N3O2S. The second-order valence-corrected chi connectivity index (χ2v) is 7.49. The number of nitrogens with one attached hydrogen (secondary N) is 2. The molecule has 6 heteroatoms. The van der Waals surface area contributed by atoms with Crippen molar-refractivity contribution in [2.45, 2.75) is 31.7 Å². The van der Waals surface area contributed by atoms with Gasteiger partial charge < -0.3 is 10.2 Å². The molecule has 5 nitrogen and oxygen atoms in total. The Hall–Kier alpha value is -1.11. The Morgan fingerprint density at radius 3 is 2.33 bits per heavy atom. The average molecular weight is 313 g/mol. The van der Waals surface area contributed by atoms with Crippen LogP contribution in [-0.2, 0) is 10.0 Å². The smallest absolute Gasteiger partial charge is 0.242 e. The fourth-order valence-corrected chi connectivity index (χ4v) is 3.31. The van der Waals surface area contributed by atoms with Crippen molar-refractivity contribution in [3.63, 3.8) is 0 Å². The van der Waals surface area contributed by atoms with E-state index in [1.54, 1.807) is 19.1 Å². The summed E-state index contributed by atoms with van der Waals surface area (Å²) in [7, 11) is 0.558. The van der Waals surface area contributed by atoms with Gasteiger partial charge in [-0.05, 0) is 32.1 Å². The highest BCUT2D eigenvalue weighted by Crippen LogP contribution is 2.23. The number of rotatable bonds is 8. The first-order chi connectivity index (χ1) is 9.77. The fraction of sp³-hybridized carbons (Fsp3) is 0.600. The van der Waals surface area contributed by atoms with Crippen molar-refractivity contribution in [1.29, 1.82) is 0 Å². The van der Waals surface area contributed by atoms with Gasteiger partial charge in [0, 0.05) is 19.1 Å². The van der Waals surface area contributed by atoms with Crippen molar-refractivity contribution in [2.24, 2.45) is 5.92 Å². The second kappa shape index (κ2) is 7.77. The molecule has 0 heterocycles. The molecule has 0 radical (unpaired) electrons. The lowest BCUT2D eigenvalue weighted by atomic mass is 10.0. The van der Waals surface area contributed by atoms with Crippen molar-refractivity contribution in [3.8, 4) is 0 Å². The second-order valence-electron chi connectivity index (χ2n) is 5.75. The predicted octanol–water partition coefficient (Wildman–Crippen LogP) is 1.98. The fourth-order valence-electron chi connectivity index (χ4n) is 2.10. The number of likely N-dealkylation sites (N-methyl/N-ethyl adjacent to an activating group) is 1. The van der Waals surface area contributed by atoms with Gasteiger partial charge in [-0.3, -0.25) is 0 Å². The number of nitrogens with zero attached hydrogens (tertiary/aromatic N) is 1. The highest BCUT2D eigenvalue weighted by atomic mass is 32.2. The van der Waals surface area contributed by atoms with Gasteiger partial charge in [-0.1, -0.05) is 32.9 Å². The molecule has 0 spiro atoms. The number of sulfonamides is 1. The summed E-state index contributed by atoms with van der Waals surface area (Å²) in [6.45, 7) is 7.25. The molecule has 0 aromatic heterocycles. The maximum absolute atomic E-state index is 12.3. The Morgan fingerprint density at radius 2 is 1.81 bits per heavy atom. The summed E-state index contributed by atoms with van der Waals surface area (Å²) in [5.74, 6) is 0.391. The van der Waals surface area contributed by atoms with Gasteiger partial charge in [-0.2, -0.15) is 0 Å². The van der Waals surface area contributed by atoms with Crippen LogP contribution in [0.4, 0.5) is 5.69 Å². The first kappa shape index (κ1) is 17.9. The minimum atomic E-state index is -3.47. The number of hydrogen-bond acceptors (Lipinski definition) is 4. The third-order valence-electron chi connectivity index (χ3n) is 3.22. The lowest BCUT2D eigenvalue weighted by molar-refractivity contribution is 0.344. The van der Waals surface area contributed by atoms with E-state index in [4.69, 9.17) is 0 Å². The summed E-state index contributed by atoms with van der Waals surface area (Å²) in [6, 6.07) is 7.22. The van der Waals surface area contributed by atoms with E-state index in [1.807, 2.05) is 26.2 Å². The van der Waals surface area contributed by atoms with Gasteiger partial charge in [0.2, 0.25) is 10.0 Å². The van der Waals surface area contributed by atoms with Gasteiger partial charge in [0.05, 0.1) is 5.69 Å². The molecule has 1 unspecified atom stereocenters. The minimum absolute atomic E-state index is 0.179. The molecule has 1 atom stereocenters. The van der Waals surface area contributed by atoms with Crippen LogP contribution in [0.15, 0.2) is 29.2 Å². The number of anilines is 1. The van der Waals surface area contributed by atoms with Crippen molar-refractivity contribution in [3.05, 3.63) is 24.3 Å². The standard InChI is InChI=1S/C15H27N3O2S/c1-6-16-21(19,20)15-10-8-7-9-13(15)17-14(12(2)3)11-18(4)5/h7-10,12,14,16-17H,6,11H2,1-5H3. The highest BCUT2D eigenvalue weighted by molar-refractivity contribution is 7.89. The van der Waals surface area contributed by atoms with E-state index in [0.717, 1.165) is 6.54 Å². The Bertz CT molecular complexity index is 542. The van der Waals surface area contributed by atoms with Crippen LogP contribution in [-0.4, -0.2) is 46.5 Å². The zero-order valence-electron chi connectivity index (χ0n) is 13.6. The molecule has 2 N–H and O–H groups in total. The van der Waals surface area contributed by atoms with Crippen LogP contribution in [0, 0.1) is 5.92 Å². The third kappa shape index (κ3) is 5.30. The van der Waals surface area contributed by atoms with Crippen LogP contribution in [0.2, 0.25) is 0 Å². The summed E-state index contributed by atoms with van der Waals surface area (Å²) < 4.78 is 27.1. The molecule has 0 bridgehead atoms. The Labute approximate surface area is 128 Å². The van der Waals surface area contributed by atoms with Gasteiger partial charge in [0.15, 0.2) is 0 Å². The molecule has 1 aromatic carbocycles. The van der Waals surface area contributed by atoms with E-state index in [9.17, 15) is 8.42 Å². The van der Waals surface area contributed by atoms with Gasteiger partial charge in [-0.25, -0.2) is 13.1 Å². The monoisotopic (exact) mass is 313 g/mol. The zero-order chi connectivity index (χ0) is 16.0. The molecule has 120 valence electrons. The molecule has 21 heavy (non-hydrogen) atoms. The quantitative estimate of drug-likeness (QED) is 0.770. The summed E-state index contributed by atoms with van der Waals surface area (Å²) in [5, 5.41) is 3.38. The van der Waals surface area contributed by atoms with Crippen molar-refractivity contribution in [2.75, 3.05) is 32.5 Å². The summed E-state index contributed by atoms with van der Waals surface area (Å²) >= 11 is 0. The van der Waals surface area contributed by atoms with Crippen LogP contribution in [0.25, 0.3) is 0 Å². The zero-order valence-corrected chi connectivity index (χ0v) is 14.4. The summed E-state index contributed by atoms with van der Waals surface area (Å²) in [6.07, 6.45) is 0. The van der Waals surface area contributed by atoms with Gasteiger partial charge >= 0.3 is 0 Å². The predicted molar refractivity (Wildman–Crippen MR) is 88.1 cm³/mol. The number of para-hydroxylation sites is 1. The normalized spacial score (nSPS) is 13.7. The largest absolute Gasteiger partial charge is 0.380 e. The molecule has 0 saturated heterocycles. The summed E-state index contributed by atoms with van der Waals surface area (Å²) in [5.41, 5.74) is 0.652. The van der Waals surface area contributed by atoms with E-state index in [2.05, 4.69) is 28.8 Å². The molecule has 0 aliphatic rings. The molecule has 1 rings (SSSR count). The molecule has 0 saturated carbocycles.